The van der Waals surface area contributed by atoms with Crippen molar-refractivity contribution in [3.8, 4) is 34.4 Å². The number of ether oxygens (including phenoxy) is 4. The summed E-state index contributed by atoms with van der Waals surface area (Å²) in [4.78, 5) is 4.47. The highest BCUT2D eigenvalue weighted by atomic mass is 19.1. The summed E-state index contributed by atoms with van der Waals surface area (Å²) in [7, 11) is 1.49. The van der Waals surface area contributed by atoms with Crippen molar-refractivity contribution in [1.29, 1.82) is 0 Å². The van der Waals surface area contributed by atoms with Gasteiger partial charge in [-0.2, -0.15) is 0 Å². The molecule has 10 heteroatoms. The normalized spacial score (nSPS) is 12.6. The Balaban J connectivity index is 1.66. The zero-order chi connectivity index (χ0) is 23.7. The van der Waals surface area contributed by atoms with Gasteiger partial charge in [0.15, 0.2) is 11.5 Å². The third-order valence-corrected chi connectivity index (χ3v) is 5.22. The maximum absolute atomic E-state index is 15.1. The Labute approximate surface area is 192 Å². The monoisotopic (exact) mass is 471 g/mol. The van der Waals surface area contributed by atoms with Crippen LogP contribution in [0.5, 0.6) is 23.1 Å². The van der Waals surface area contributed by atoms with Gasteiger partial charge in [-0.1, -0.05) is 6.07 Å². The van der Waals surface area contributed by atoms with E-state index in [1.54, 1.807) is 40.8 Å². The first-order chi connectivity index (χ1) is 16.6. The average Bonchev–Trinajstić information content (AvgIpc) is 3.20. The molecule has 0 saturated heterocycles. The van der Waals surface area contributed by atoms with Crippen molar-refractivity contribution >= 4 is 17.2 Å². The topological polar surface area (TPSA) is 66.2 Å². The fraction of sp³-hybridized carbons (Fsp3) is 0.208. The lowest BCUT2D eigenvalue weighted by Gasteiger charge is -2.19. The van der Waals surface area contributed by atoms with Crippen LogP contribution in [0.25, 0.3) is 16.9 Å². The lowest BCUT2D eigenvalue weighted by atomic mass is 10.1. The van der Waals surface area contributed by atoms with Gasteiger partial charge in [0.05, 0.1) is 12.7 Å². The van der Waals surface area contributed by atoms with E-state index in [0.717, 1.165) is 12.1 Å². The summed E-state index contributed by atoms with van der Waals surface area (Å²) in [5.74, 6) is -0.0830. The summed E-state index contributed by atoms with van der Waals surface area (Å²) in [5, 5.41) is 3.19. The minimum Gasteiger partial charge on any atom is -0.491 e. The van der Waals surface area contributed by atoms with Crippen LogP contribution in [0, 0.1) is 11.6 Å². The molecule has 2 aromatic heterocycles. The van der Waals surface area contributed by atoms with Gasteiger partial charge in [-0.15, -0.1) is 0 Å². The molecule has 0 aliphatic carbocycles. The highest BCUT2D eigenvalue weighted by Gasteiger charge is 2.24. The lowest BCUT2D eigenvalue weighted by Crippen LogP contribution is -2.15. The average molecular weight is 471 g/mol. The highest BCUT2D eigenvalue weighted by molar-refractivity contribution is 5.81. The van der Waals surface area contributed by atoms with E-state index in [9.17, 15) is 4.39 Å². The Hall–Kier alpha value is -4.08. The van der Waals surface area contributed by atoms with Crippen molar-refractivity contribution in [2.45, 2.75) is 0 Å². The van der Waals surface area contributed by atoms with Gasteiger partial charge in [-0.25, -0.2) is 22.6 Å². The largest absolute Gasteiger partial charge is 0.491 e. The van der Waals surface area contributed by atoms with E-state index in [1.165, 1.54) is 7.11 Å². The molecule has 0 saturated carbocycles. The fourth-order valence-electron chi connectivity index (χ4n) is 3.79. The number of halogens is 3. The molecule has 3 heterocycles. The molecule has 0 radical (unpaired) electrons. The van der Waals surface area contributed by atoms with Crippen LogP contribution in [0.3, 0.4) is 0 Å². The SMILES string of the molecule is COc1cccc2nc(-c3c(F)cc(OCCF)cc3F)c(Nc3ccc4c(c3)OCCO4)n12. The van der Waals surface area contributed by atoms with Gasteiger partial charge in [-0.3, -0.25) is 0 Å². The van der Waals surface area contributed by atoms with Gasteiger partial charge in [0.25, 0.3) is 0 Å². The van der Waals surface area contributed by atoms with Gasteiger partial charge in [0, 0.05) is 23.9 Å². The number of anilines is 2. The quantitative estimate of drug-likeness (QED) is 0.402. The number of alkyl halides is 1. The molecule has 1 aliphatic rings. The summed E-state index contributed by atoms with van der Waals surface area (Å²) in [6, 6.07) is 12.4. The van der Waals surface area contributed by atoms with E-state index in [-0.39, 0.29) is 29.4 Å². The molecule has 34 heavy (non-hydrogen) atoms. The number of hydrogen-bond acceptors (Lipinski definition) is 6. The zero-order valence-electron chi connectivity index (χ0n) is 18.1. The summed E-state index contributed by atoms with van der Waals surface area (Å²) in [6.07, 6.45) is 0. The second-order valence-electron chi connectivity index (χ2n) is 7.35. The summed E-state index contributed by atoms with van der Waals surface area (Å²) in [5.41, 5.74) is 0.651. The van der Waals surface area contributed by atoms with Gasteiger partial charge in [0.2, 0.25) is 5.88 Å². The minimum atomic E-state index is -0.901. The molecule has 1 aliphatic heterocycles. The lowest BCUT2D eigenvalue weighted by molar-refractivity contribution is 0.171. The third-order valence-electron chi connectivity index (χ3n) is 5.22. The second kappa shape index (κ2) is 9.05. The number of nitrogens with one attached hydrogen (secondary N) is 1. The predicted molar refractivity (Wildman–Crippen MR) is 119 cm³/mol. The number of nitrogens with zero attached hydrogens (tertiary/aromatic N) is 2. The Morgan fingerprint density at radius 2 is 1.79 bits per heavy atom. The van der Waals surface area contributed by atoms with Crippen LogP contribution in [0.4, 0.5) is 24.7 Å². The van der Waals surface area contributed by atoms with Crippen LogP contribution < -0.4 is 24.3 Å². The molecule has 0 fully saturated rings. The van der Waals surface area contributed by atoms with E-state index in [0.29, 0.717) is 41.9 Å². The summed E-state index contributed by atoms with van der Waals surface area (Å²) >= 11 is 0. The van der Waals surface area contributed by atoms with E-state index >= 15 is 8.78 Å². The number of methoxy groups -OCH3 is 1. The molecule has 1 N–H and O–H groups in total. The van der Waals surface area contributed by atoms with Crippen molar-refractivity contribution in [3.63, 3.8) is 0 Å². The first kappa shape index (κ1) is 21.7. The van der Waals surface area contributed by atoms with Gasteiger partial charge in [-0.05, 0) is 24.3 Å². The maximum Gasteiger partial charge on any atom is 0.200 e. The molecule has 0 spiro atoms. The first-order valence-corrected chi connectivity index (χ1v) is 10.5. The Kier molecular flexibility index (Phi) is 5.79. The number of imidazole rings is 1. The van der Waals surface area contributed by atoms with Crippen molar-refractivity contribution < 1.29 is 32.1 Å². The van der Waals surface area contributed by atoms with Gasteiger partial charge < -0.3 is 24.3 Å². The molecule has 0 amide bonds. The highest BCUT2D eigenvalue weighted by Crippen LogP contribution is 2.39. The number of pyridine rings is 1. The van der Waals surface area contributed by atoms with Crippen LogP contribution in [-0.2, 0) is 0 Å². The third kappa shape index (κ3) is 3.91. The molecule has 176 valence electrons. The molecule has 7 nitrogen and oxygen atoms in total. The number of fused-ring (bicyclic) bond motifs is 2. The molecule has 4 aromatic rings. The van der Waals surface area contributed by atoms with Crippen LogP contribution in [0.15, 0.2) is 48.5 Å². The first-order valence-electron chi connectivity index (χ1n) is 10.5. The number of rotatable bonds is 7. The van der Waals surface area contributed by atoms with Gasteiger partial charge in [0.1, 0.15) is 61.0 Å². The predicted octanol–water partition coefficient (Wildman–Crippen LogP) is 5.15. The van der Waals surface area contributed by atoms with Crippen LogP contribution in [0.1, 0.15) is 0 Å². The molecular weight excluding hydrogens is 451 g/mol. The Morgan fingerprint density at radius 3 is 2.53 bits per heavy atom. The molecule has 0 unspecified atom stereocenters. The molecule has 0 bridgehead atoms. The van der Waals surface area contributed by atoms with Crippen molar-refractivity contribution in [2.75, 3.05) is 38.9 Å². The van der Waals surface area contributed by atoms with Gasteiger partial charge >= 0.3 is 0 Å². The Morgan fingerprint density at radius 1 is 1.03 bits per heavy atom. The maximum atomic E-state index is 15.1. The standard InChI is InChI=1S/C24H20F3N3O4/c1-31-21-4-2-3-20-29-23(22-16(26)12-15(13-17(22)27)32-8-7-25)24(30(20)21)28-14-5-6-18-19(11-14)34-10-9-33-18/h2-6,11-13,28H,7-10H2,1H3. The number of benzene rings is 2. The Bertz CT molecular complexity index is 1340. The number of aromatic nitrogens is 2. The van der Waals surface area contributed by atoms with Crippen LogP contribution in [0.2, 0.25) is 0 Å². The summed E-state index contributed by atoms with van der Waals surface area (Å²) < 4.78 is 66.0. The van der Waals surface area contributed by atoms with E-state index in [4.69, 9.17) is 18.9 Å². The second-order valence-corrected chi connectivity index (χ2v) is 7.35. The number of hydrogen-bond donors (Lipinski definition) is 1. The van der Waals surface area contributed by atoms with E-state index < -0.39 is 18.3 Å². The van der Waals surface area contributed by atoms with Crippen molar-refractivity contribution in [1.82, 2.24) is 9.38 Å². The molecule has 0 atom stereocenters. The van der Waals surface area contributed by atoms with Crippen molar-refractivity contribution in [2.24, 2.45) is 0 Å². The summed E-state index contributed by atoms with van der Waals surface area (Å²) in [6.45, 7) is -0.210. The van der Waals surface area contributed by atoms with E-state index in [2.05, 4.69) is 10.3 Å². The zero-order valence-corrected chi connectivity index (χ0v) is 18.1. The fourth-order valence-corrected chi connectivity index (χ4v) is 3.79. The molecular formula is C24H20F3N3O4. The minimum absolute atomic E-state index is 0.0198. The van der Waals surface area contributed by atoms with Crippen LogP contribution >= 0.6 is 0 Å². The van der Waals surface area contributed by atoms with Crippen molar-refractivity contribution in [3.05, 3.63) is 60.2 Å². The molecule has 2 aromatic carbocycles. The van der Waals surface area contributed by atoms with E-state index in [1.807, 2.05) is 0 Å². The van der Waals surface area contributed by atoms with Crippen LogP contribution in [-0.4, -0.2) is 43.0 Å². The smallest absolute Gasteiger partial charge is 0.200 e. The molecule has 5 rings (SSSR count).